The van der Waals surface area contributed by atoms with Crippen LogP contribution in [0.5, 0.6) is 0 Å². The van der Waals surface area contributed by atoms with Crippen LogP contribution in [0.25, 0.3) is 0 Å². The van der Waals surface area contributed by atoms with Gasteiger partial charge in [0, 0.05) is 32.5 Å². The van der Waals surface area contributed by atoms with Gasteiger partial charge in [-0.15, -0.1) is 24.0 Å². The minimum absolute atomic E-state index is 0. The van der Waals surface area contributed by atoms with Gasteiger partial charge in [-0.25, -0.2) is 0 Å². The van der Waals surface area contributed by atoms with Gasteiger partial charge >= 0.3 is 0 Å². The van der Waals surface area contributed by atoms with Crippen LogP contribution in [-0.2, 0) is 13.1 Å². The fourth-order valence-corrected chi connectivity index (χ4v) is 3.33. The van der Waals surface area contributed by atoms with E-state index in [2.05, 4.69) is 51.1 Å². The molecule has 0 atom stereocenters. The van der Waals surface area contributed by atoms with E-state index in [-0.39, 0.29) is 24.0 Å². The lowest BCUT2D eigenvalue weighted by Gasteiger charge is -2.16. The maximum Gasteiger partial charge on any atom is 0.191 e. The molecule has 0 bridgehead atoms. The van der Waals surface area contributed by atoms with Gasteiger partial charge in [0.05, 0.1) is 6.54 Å². The highest BCUT2D eigenvalue weighted by Gasteiger charge is 2.06. The minimum Gasteiger partial charge on any atom is -0.356 e. The molecular weight excluding hydrogens is 449 g/mol. The zero-order valence-corrected chi connectivity index (χ0v) is 18.4. The Morgan fingerprint density at radius 2 is 2.00 bits per heavy atom. The summed E-state index contributed by atoms with van der Waals surface area (Å²) >= 11 is 0. The van der Waals surface area contributed by atoms with E-state index in [1.165, 1.54) is 36.8 Å². The summed E-state index contributed by atoms with van der Waals surface area (Å²) in [6.45, 7) is 2.46. The number of nitrogens with one attached hydrogen (secondary N) is 2. The molecule has 2 N–H and O–H groups in total. The van der Waals surface area contributed by atoms with Crippen molar-refractivity contribution in [1.29, 1.82) is 0 Å². The Balaban J connectivity index is 0.00000261. The van der Waals surface area contributed by atoms with Crippen LogP contribution in [0.3, 0.4) is 0 Å². The van der Waals surface area contributed by atoms with Crippen molar-refractivity contribution >= 4 is 29.9 Å². The summed E-state index contributed by atoms with van der Waals surface area (Å²) in [7, 11) is 1.82. The van der Waals surface area contributed by atoms with E-state index in [0.717, 1.165) is 32.0 Å². The molecule has 0 aliphatic heterocycles. The van der Waals surface area contributed by atoms with Crippen LogP contribution < -0.4 is 10.6 Å². The van der Waals surface area contributed by atoms with Crippen molar-refractivity contribution in [3.05, 3.63) is 65.5 Å². The first-order chi connectivity index (χ1) is 12.8. The fourth-order valence-electron chi connectivity index (χ4n) is 3.33. The molecule has 27 heavy (non-hydrogen) atoms. The molecule has 0 amide bonds. The Bertz CT molecular complexity index is 737. The van der Waals surface area contributed by atoms with Crippen molar-refractivity contribution in [2.24, 2.45) is 4.99 Å². The molecule has 0 saturated heterocycles. The lowest BCUT2D eigenvalue weighted by Crippen LogP contribution is -2.37. The van der Waals surface area contributed by atoms with Crippen molar-refractivity contribution < 1.29 is 0 Å². The van der Waals surface area contributed by atoms with Crippen LogP contribution in [0, 0.1) is 0 Å². The van der Waals surface area contributed by atoms with Crippen LogP contribution in [0.15, 0.2) is 59.4 Å². The first kappa shape index (κ1) is 21.5. The smallest absolute Gasteiger partial charge is 0.191 e. The van der Waals surface area contributed by atoms with Gasteiger partial charge < -0.3 is 10.6 Å². The van der Waals surface area contributed by atoms with Crippen LogP contribution >= 0.6 is 24.0 Å². The predicted octanol–water partition coefficient (Wildman–Crippen LogP) is 4.10. The number of guanidine groups is 1. The number of rotatable bonds is 7. The SMILES string of the molecule is CN=C(NCCC1=CCCCC1)NCc1ccccc1Cn1cccn1.I. The first-order valence-corrected chi connectivity index (χ1v) is 9.52. The highest BCUT2D eigenvalue weighted by Crippen LogP contribution is 2.19. The Morgan fingerprint density at radius 3 is 2.70 bits per heavy atom. The molecule has 3 rings (SSSR count). The van der Waals surface area contributed by atoms with E-state index in [9.17, 15) is 0 Å². The van der Waals surface area contributed by atoms with Crippen molar-refractivity contribution in [1.82, 2.24) is 20.4 Å². The van der Waals surface area contributed by atoms with E-state index in [4.69, 9.17) is 0 Å². The molecule has 0 spiro atoms. The summed E-state index contributed by atoms with van der Waals surface area (Å²) in [5.74, 6) is 0.857. The highest BCUT2D eigenvalue weighted by molar-refractivity contribution is 14.0. The minimum atomic E-state index is 0. The van der Waals surface area contributed by atoms with Gasteiger partial charge in [0.15, 0.2) is 5.96 Å². The number of hydrogen-bond acceptors (Lipinski definition) is 2. The van der Waals surface area contributed by atoms with Gasteiger partial charge in [-0.05, 0) is 49.3 Å². The molecule has 2 aromatic rings. The van der Waals surface area contributed by atoms with Gasteiger partial charge in [-0.2, -0.15) is 5.10 Å². The van der Waals surface area contributed by atoms with Gasteiger partial charge in [-0.3, -0.25) is 9.67 Å². The number of halogens is 1. The normalized spacial score (nSPS) is 14.3. The molecule has 0 saturated carbocycles. The lowest BCUT2D eigenvalue weighted by molar-refractivity contribution is 0.663. The molecule has 1 aliphatic rings. The standard InChI is InChI=1S/C21H29N5.HI/c1-22-21(23-14-12-18-8-3-2-4-9-18)24-16-19-10-5-6-11-20(19)17-26-15-7-13-25-26;/h5-8,10-11,13,15H,2-4,9,12,14,16-17H2,1H3,(H2,22,23,24);1H. The zero-order valence-electron chi connectivity index (χ0n) is 16.0. The Labute approximate surface area is 179 Å². The number of hydrogen-bond donors (Lipinski definition) is 2. The molecule has 5 nitrogen and oxygen atoms in total. The van der Waals surface area contributed by atoms with Crippen molar-refractivity contribution in [3.8, 4) is 0 Å². The molecule has 1 aliphatic carbocycles. The average Bonchev–Trinajstić information content (AvgIpc) is 3.19. The number of aromatic nitrogens is 2. The molecule has 1 aromatic carbocycles. The summed E-state index contributed by atoms with van der Waals surface area (Å²) in [5.41, 5.74) is 4.12. The molecule has 6 heteroatoms. The topological polar surface area (TPSA) is 54.2 Å². The molecule has 0 fully saturated rings. The van der Waals surface area contributed by atoms with Crippen molar-refractivity contribution in [2.45, 2.75) is 45.2 Å². The van der Waals surface area contributed by atoms with E-state index in [1.807, 2.05) is 30.2 Å². The zero-order chi connectivity index (χ0) is 18.0. The van der Waals surface area contributed by atoms with Crippen LogP contribution in [-0.4, -0.2) is 29.3 Å². The second-order valence-corrected chi connectivity index (χ2v) is 6.68. The third-order valence-electron chi connectivity index (χ3n) is 4.80. The largest absolute Gasteiger partial charge is 0.356 e. The Kier molecular flexibility index (Phi) is 9.38. The highest BCUT2D eigenvalue weighted by atomic mass is 127. The molecule has 0 unspecified atom stereocenters. The van der Waals surface area contributed by atoms with Crippen LogP contribution in [0.1, 0.15) is 43.2 Å². The van der Waals surface area contributed by atoms with E-state index in [1.54, 1.807) is 5.57 Å². The second-order valence-electron chi connectivity index (χ2n) is 6.68. The Hall–Kier alpha value is -1.83. The summed E-state index contributed by atoms with van der Waals surface area (Å²) < 4.78 is 1.95. The lowest BCUT2D eigenvalue weighted by atomic mass is 9.97. The fraction of sp³-hybridized carbons (Fsp3) is 0.429. The van der Waals surface area contributed by atoms with Crippen LogP contribution in [0.4, 0.5) is 0 Å². The van der Waals surface area contributed by atoms with Gasteiger partial charge in [0.1, 0.15) is 0 Å². The predicted molar refractivity (Wildman–Crippen MR) is 123 cm³/mol. The molecule has 1 heterocycles. The van der Waals surface area contributed by atoms with Crippen molar-refractivity contribution in [2.75, 3.05) is 13.6 Å². The summed E-state index contributed by atoms with van der Waals surface area (Å²) in [4.78, 5) is 4.35. The molecule has 0 radical (unpaired) electrons. The number of aliphatic imine (C=N–C) groups is 1. The second kappa shape index (κ2) is 11.8. The number of allylic oxidation sites excluding steroid dienone is 1. The quantitative estimate of drug-likeness (QED) is 0.272. The monoisotopic (exact) mass is 479 g/mol. The van der Waals surface area contributed by atoms with E-state index in [0.29, 0.717) is 0 Å². The molecule has 1 aromatic heterocycles. The molecule has 146 valence electrons. The summed E-state index contributed by atoms with van der Waals surface area (Å²) in [6, 6.07) is 10.4. The van der Waals surface area contributed by atoms with Gasteiger partial charge in [-0.1, -0.05) is 35.9 Å². The third-order valence-corrected chi connectivity index (χ3v) is 4.80. The summed E-state index contributed by atoms with van der Waals surface area (Å²) in [5, 5.41) is 11.2. The average molecular weight is 479 g/mol. The van der Waals surface area contributed by atoms with Crippen molar-refractivity contribution in [3.63, 3.8) is 0 Å². The number of nitrogens with zero attached hydrogens (tertiary/aromatic N) is 3. The maximum atomic E-state index is 4.35. The first-order valence-electron chi connectivity index (χ1n) is 9.52. The van der Waals surface area contributed by atoms with E-state index >= 15 is 0 Å². The Morgan fingerprint density at radius 1 is 1.15 bits per heavy atom. The van der Waals surface area contributed by atoms with Gasteiger partial charge in [0.2, 0.25) is 0 Å². The maximum absolute atomic E-state index is 4.35. The van der Waals surface area contributed by atoms with Crippen LogP contribution in [0.2, 0.25) is 0 Å². The number of benzene rings is 1. The third kappa shape index (κ3) is 7.01. The molecular formula is C21H30IN5. The van der Waals surface area contributed by atoms with Gasteiger partial charge in [0.25, 0.3) is 0 Å². The summed E-state index contributed by atoms with van der Waals surface area (Å²) in [6.07, 6.45) is 12.5. The van der Waals surface area contributed by atoms with E-state index < -0.39 is 0 Å².